The van der Waals surface area contributed by atoms with Crippen LogP contribution in [0, 0.1) is 20.8 Å². The van der Waals surface area contributed by atoms with Crippen LogP contribution in [0.1, 0.15) is 33.0 Å². The number of hydrogen-bond acceptors (Lipinski definition) is 3. The third kappa shape index (κ3) is 3.80. The molecule has 140 valence electrons. The molecule has 0 aliphatic heterocycles. The number of benzene rings is 1. The highest BCUT2D eigenvalue weighted by molar-refractivity contribution is 6.31. The van der Waals surface area contributed by atoms with E-state index in [9.17, 15) is 14.4 Å². The highest BCUT2D eigenvalue weighted by atomic mass is 35.5. The number of carbonyl (C=O) groups is 1. The number of H-pyrrole nitrogens is 1. The number of aryl methyl sites for hydroxylation is 2. The fraction of sp³-hybridized carbons (Fsp3) is 0.250. The van der Waals surface area contributed by atoms with Gasteiger partial charge in [0.2, 0.25) is 0 Å². The molecule has 0 atom stereocenters. The molecule has 1 aromatic carbocycles. The van der Waals surface area contributed by atoms with Gasteiger partial charge >= 0.3 is 5.69 Å². The molecule has 0 aliphatic rings. The third-order valence-corrected chi connectivity index (χ3v) is 4.99. The Morgan fingerprint density at radius 3 is 2.44 bits per heavy atom. The molecule has 0 fully saturated rings. The van der Waals surface area contributed by atoms with Crippen LogP contribution in [-0.2, 0) is 13.1 Å². The predicted octanol–water partition coefficient (Wildman–Crippen LogP) is 2.85. The van der Waals surface area contributed by atoms with Gasteiger partial charge in [0.1, 0.15) is 0 Å². The summed E-state index contributed by atoms with van der Waals surface area (Å²) in [6, 6.07) is 10.6. The zero-order chi connectivity index (χ0) is 19.7. The number of carbonyl (C=O) groups excluding carboxylic acids is 1. The molecule has 0 amide bonds. The fourth-order valence-corrected chi connectivity index (χ4v) is 3.33. The van der Waals surface area contributed by atoms with E-state index in [1.54, 1.807) is 13.0 Å². The zero-order valence-electron chi connectivity index (χ0n) is 15.4. The van der Waals surface area contributed by atoms with Crippen molar-refractivity contribution in [3.63, 3.8) is 0 Å². The second-order valence-electron chi connectivity index (χ2n) is 6.57. The smallest absolute Gasteiger partial charge is 0.328 e. The van der Waals surface area contributed by atoms with Crippen molar-refractivity contribution in [2.45, 2.75) is 33.9 Å². The molecule has 2 aromatic heterocycles. The number of nitrogens with zero attached hydrogens (tertiary/aromatic N) is 2. The summed E-state index contributed by atoms with van der Waals surface area (Å²) in [4.78, 5) is 39.3. The number of aromatic amines is 1. The Balaban J connectivity index is 1.92. The molecule has 6 nitrogen and oxygen atoms in total. The first-order chi connectivity index (χ1) is 12.8. The van der Waals surface area contributed by atoms with Gasteiger partial charge in [-0.25, -0.2) is 4.79 Å². The van der Waals surface area contributed by atoms with Crippen molar-refractivity contribution >= 4 is 17.4 Å². The molecule has 0 unspecified atom stereocenters. The van der Waals surface area contributed by atoms with Gasteiger partial charge in [-0.1, -0.05) is 29.8 Å². The van der Waals surface area contributed by atoms with Crippen molar-refractivity contribution in [1.29, 1.82) is 0 Å². The average Bonchev–Trinajstić information content (AvgIpc) is 2.88. The van der Waals surface area contributed by atoms with Crippen LogP contribution >= 0.6 is 11.6 Å². The molecule has 0 bridgehead atoms. The summed E-state index contributed by atoms with van der Waals surface area (Å²) in [5.74, 6) is -0.287. The molecular weight excluding hydrogens is 366 g/mol. The maximum absolute atomic E-state index is 12.8. The van der Waals surface area contributed by atoms with E-state index in [1.165, 1.54) is 6.07 Å². The standard InChI is InChI=1S/C20H20ClN3O3/c1-12-8-19(26)24(20(27)22-12)11-18(25)16-9-13(2)23(14(16)3)10-15-6-4-5-7-17(15)21/h4-9H,10-11H2,1-3H3,(H,22,27). The number of aromatic nitrogens is 3. The summed E-state index contributed by atoms with van der Waals surface area (Å²) in [6.07, 6.45) is 0. The van der Waals surface area contributed by atoms with Crippen LogP contribution in [0.5, 0.6) is 0 Å². The lowest BCUT2D eigenvalue weighted by Crippen LogP contribution is -2.37. The SMILES string of the molecule is Cc1cc(=O)n(CC(=O)c2cc(C)n(Cc3ccccc3Cl)c2C)c(=O)[nH]1. The lowest BCUT2D eigenvalue weighted by molar-refractivity contribution is 0.0968. The largest absolute Gasteiger partial charge is 0.344 e. The molecule has 3 aromatic rings. The highest BCUT2D eigenvalue weighted by Gasteiger charge is 2.18. The Bertz CT molecular complexity index is 1110. The van der Waals surface area contributed by atoms with Crippen LogP contribution in [0.4, 0.5) is 0 Å². The molecule has 3 rings (SSSR count). The average molecular weight is 386 g/mol. The Kier molecular flexibility index (Phi) is 5.19. The maximum atomic E-state index is 12.8. The summed E-state index contributed by atoms with van der Waals surface area (Å²) in [6.45, 7) is 5.61. The Hall–Kier alpha value is -2.86. The van der Waals surface area contributed by atoms with E-state index in [0.29, 0.717) is 22.8 Å². The monoisotopic (exact) mass is 385 g/mol. The van der Waals surface area contributed by atoms with Crippen LogP contribution in [0.3, 0.4) is 0 Å². The summed E-state index contributed by atoms with van der Waals surface area (Å²) in [5, 5.41) is 0.663. The van der Waals surface area contributed by atoms with E-state index >= 15 is 0 Å². The fourth-order valence-electron chi connectivity index (χ4n) is 3.14. The van der Waals surface area contributed by atoms with Gasteiger partial charge in [-0.3, -0.25) is 14.2 Å². The number of nitrogens with one attached hydrogen (secondary N) is 1. The van der Waals surface area contributed by atoms with Crippen molar-refractivity contribution in [1.82, 2.24) is 14.1 Å². The van der Waals surface area contributed by atoms with Gasteiger partial charge in [0, 0.05) is 40.3 Å². The van der Waals surface area contributed by atoms with Crippen molar-refractivity contribution in [3.05, 3.63) is 90.5 Å². The van der Waals surface area contributed by atoms with Gasteiger partial charge in [-0.15, -0.1) is 0 Å². The summed E-state index contributed by atoms with van der Waals surface area (Å²) < 4.78 is 2.91. The van der Waals surface area contributed by atoms with Crippen molar-refractivity contribution < 1.29 is 4.79 Å². The maximum Gasteiger partial charge on any atom is 0.328 e. The van der Waals surface area contributed by atoms with Crippen LogP contribution in [0.15, 0.2) is 46.0 Å². The molecule has 27 heavy (non-hydrogen) atoms. The Morgan fingerprint density at radius 1 is 1.07 bits per heavy atom. The number of Topliss-reactive ketones (excluding diaryl/α,β-unsaturated/α-hetero) is 1. The van der Waals surface area contributed by atoms with Gasteiger partial charge in [-0.2, -0.15) is 0 Å². The van der Waals surface area contributed by atoms with Gasteiger partial charge in [-0.05, 0) is 38.5 Å². The molecule has 7 heteroatoms. The van der Waals surface area contributed by atoms with Crippen molar-refractivity contribution in [2.75, 3.05) is 0 Å². The lowest BCUT2D eigenvalue weighted by Gasteiger charge is -2.11. The van der Waals surface area contributed by atoms with Crippen LogP contribution in [0.25, 0.3) is 0 Å². The molecule has 1 N–H and O–H groups in total. The minimum Gasteiger partial charge on any atom is -0.344 e. The third-order valence-electron chi connectivity index (χ3n) is 4.62. The quantitative estimate of drug-likeness (QED) is 0.686. The first kappa shape index (κ1) is 18.9. The molecule has 0 aliphatic carbocycles. The highest BCUT2D eigenvalue weighted by Crippen LogP contribution is 2.21. The first-order valence-corrected chi connectivity index (χ1v) is 8.90. The predicted molar refractivity (Wildman–Crippen MR) is 105 cm³/mol. The Labute approximate surface area is 161 Å². The van der Waals surface area contributed by atoms with Crippen molar-refractivity contribution in [3.8, 4) is 0 Å². The van der Waals surface area contributed by atoms with Crippen molar-refractivity contribution in [2.24, 2.45) is 0 Å². The normalized spacial score (nSPS) is 11.0. The first-order valence-electron chi connectivity index (χ1n) is 8.52. The van der Waals surface area contributed by atoms with E-state index in [2.05, 4.69) is 4.98 Å². The Morgan fingerprint density at radius 2 is 1.78 bits per heavy atom. The molecule has 2 heterocycles. The van der Waals surface area contributed by atoms with Crippen LogP contribution < -0.4 is 11.2 Å². The molecule has 0 spiro atoms. The van der Waals surface area contributed by atoms with E-state index in [0.717, 1.165) is 21.5 Å². The summed E-state index contributed by atoms with van der Waals surface area (Å²) >= 11 is 6.25. The van der Waals surface area contributed by atoms with Gasteiger partial charge in [0.25, 0.3) is 5.56 Å². The van der Waals surface area contributed by atoms with E-state index in [-0.39, 0.29) is 12.3 Å². The lowest BCUT2D eigenvalue weighted by atomic mass is 10.1. The van der Waals surface area contributed by atoms with E-state index < -0.39 is 11.2 Å². The van der Waals surface area contributed by atoms with Crippen LogP contribution in [-0.4, -0.2) is 19.9 Å². The summed E-state index contributed by atoms with van der Waals surface area (Å²) in [7, 11) is 0. The number of halogens is 1. The van der Waals surface area contributed by atoms with E-state index in [4.69, 9.17) is 11.6 Å². The molecule has 0 radical (unpaired) electrons. The number of hydrogen-bond donors (Lipinski definition) is 1. The van der Waals surface area contributed by atoms with Gasteiger partial charge < -0.3 is 9.55 Å². The second-order valence-corrected chi connectivity index (χ2v) is 6.97. The summed E-state index contributed by atoms with van der Waals surface area (Å²) in [5.41, 5.74) is 2.51. The van der Waals surface area contributed by atoms with E-state index in [1.807, 2.05) is 42.7 Å². The second kappa shape index (κ2) is 7.40. The molecular formula is C20H20ClN3O3. The minimum absolute atomic E-state index is 0.287. The molecule has 0 saturated heterocycles. The number of rotatable bonds is 5. The van der Waals surface area contributed by atoms with Gasteiger partial charge in [0.15, 0.2) is 5.78 Å². The number of ketones is 1. The topological polar surface area (TPSA) is 76.9 Å². The van der Waals surface area contributed by atoms with Gasteiger partial charge in [0.05, 0.1) is 6.54 Å². The molecule has 0 saturated carbocycles. The van der Waals surface area contributed by atoms with Crippen LogP contribution in [0.2, 0.25) is 5.02 Å². The zero-order valence-corrected chi connectivity index (χ0v) is 16.1. The minimum atomic E-state index is -0.585.